The maximum Gasteiger partial charge on any atom is 0.238 e. The number of methoxy groups -OCH3 is 1. The number of fused-ring (bicyclic) bond motifs is 1. The molecule has 0 aromatic heterocycles. The number of carbonyl (C=O) groups excluding carboxylic acids is 2. The average molecular weight is 419 g/mol. The Bertz CT molecular complexity index is 772. The normalized spacial score (nSPS) is 21.4. The molecule has 0 spiro atoms. The van der Waals surface area contributed by atoms with E-state index in [2.05, 4.69) is 10.2 Å². The van der Waals surface area contributed by atoms with E-state index >= 15 is 0 Å². The molecule has 4 rings (SSSR count). The number of ether oxygens (including phenoxy) is 4. The molecule has 3 aliphatic heterocycles. The number of carbonyl (C=O) groups is 2. The Morgan fingerprint density at radius 1 is 1.13 bits per heavy atom. The van der Waals surface area contributed by atoms with E-state index in [1.165, 1.54) is 0 Å². The standard InChI is InChI=1S/C21H29N3O6/c1-27-17-12-19-18(29-14-30-19)11-16(17)22-20(25)13-23-5-7-24(8-6-23)21(26)10-15-4-2-3-9-28-15/h11-12,15H,2-10,13-14H2,1H3,(H,22,25). The van der Waals surface area contributed by atoms with Crippen molar-refractivity contribution in [3.63, 3.8) is 0 Å². The topological polar surface area (TPSA) is 89.6 Å². The number of rotatable bonds is 6. The van der Waals surface area contributed by atoms with Crippen molar-refractivity contribution >= 4 is 17.5 Å². The summed E-state index contributed by atoms with van der Waals surface area (Å²) in [6, 6.07) is 3.42. The fraction of sp³-hybridized carbons (Fsp3) is 0.619. The van der Waals surface area contributed by atoms with Gasteiger partial charge in [0.15, 0.2) is 11.5 Å². The van der Waals surface area contributed by atoms with Crippen LogP contribution in [0.15, 0.2) is 12.1 Å². The minimum absolute atomic E-state index is 0.0618. The third kappa shape index (κ3) is 4.96. The molecule has 1 aromatic carbocycles. The van der Waals surface area contributed by atoms with Gasteiger partial charge in [0.2, 0.25) is 18.6 Å². The number of benzene rings is 1. The molecule has 2 fully saturated rings. The van der Waals surface area contributed by atoms with Crippen molar-refractivity contribution < 1.29 is 28.5 Å². The Labute approximate surface area is 176 Å². The molecule has 0 radical (unpaired) electrons. The van der Waals surface area contributed by atoms with Crippen LogP contribution in [-0.2, 0) is 14.3 Å². The molecule has 164 valence electrons. The molecule has 3 aliphatic rings. The van der Waals surface area contributed by atoms with Crippen LogP contribution in [0.25, 0.3) is 0 Å². The lowest BCUT2D eigenvalue weighted by molar-refractivity contribution is -0.137. The summed E-state index contributed by atoms with van der Waals surface area (Å²) in [4.78, 5) is 29.0. The fourth-order valence-corrected chi connectivity index (χ4v) is 4.03. The van der Waals surface area contributed by atoms with Gasteiger partial charge in [-0.3, -0.25) is 14.5 Å². The minimum Gasteiger partial charge on any atom is -0.494 e. The van der Waals surface area contributed by atoms with Crippen LogP contribution in [0, 0.1) is 0 Å². The first-order valence-corrected chi connectivity index (χ1v) is 10.5. The summed E-state index contributed by atoms with van der Waals surface area (Å²) in [5.74, 6) is 1.72. The van der Waals surface area contributed by atoms with Gasteiger partial charge in [-0.2, -0.15) is 0 Å². The van der Waals surface area contributed by atoms with E-state index in [0.717, 1.165) is 25.9 Å². The van der Waals surface area contributed by atoms with Crippen LogP contribution in [0.1, 0.15) is 25.7 Å². The molecule has 0 aliphatic carbocycles. The zero-order valence-electron chi connectivity index (χ0n) is 17.4. The van der Waals surface area contributed by atoms with Crippen molar-refractivity contribution in [1.82, 2.24) is 9.80 Å². The van der Waals surface area contributed by atoms with Gasteiger partial charge in [0.1, 0.15) is 5.75 Å². The van der Waals surface area contributed by atoms with Gasteiger partial charge in [-0.1, -0.05) is 0 Å². The quantitative estimate of drug-likeness (QED) is 0.747. The van der Waals surface area contributed by atoms with Crippen molar-refractivity contribution in [2.75, 3.05) is 58.6 Å². The van der Waals surface area contributed by atoms with Crippen molar-refractivity contribution in [3.05, 3.63) is 12.1 Å². The molecule has 1 unspecified atom stereocenters. The number of nitrogens with zero attached hydrogens (tertiary/aromatic N) is 2. The Hall–Kier alpha value is -2.52. The minimum atomic E-state index is -0.137. The first kappa shape index (κ1) is 20.7. The Balaban J connectivity index is 1.24. The van der Waals surface area contributed by atoms with Crippen LogP contribution in [0.5, 0.6) is 17.2 Å². The number of piperazine rings is 1. The lowest BCUT2D eigenvalue weighted by Crippen LogP contribution is -2.51. The highest BCUT2D eigenvalue weighted by molar-refractivity contribution is 5.94. The number of nitrogens with one attached hydrogen (secondary N) is 1. The van der Waals surface area contributed by atoms with Gasteiger partial charge in [-0.05, 0) is 19.3 Å². The molecular formula is C21H29N3O6. The van der Waals surface area contributed by atoms with Gasteiger partial charge in [0.05, 0.1) is 31.9 Å². The molecule has 1 aromatic rings. The summed E-state index contributed by atoms with van der Waals surface area (Å²) in [6.07, 6.45) is 3.71. The van der Waals surface area contributed by atoms with E-state index in [1.807, 2.05) is 4.90 Å². The second kappa shape index (κ2) is 9.53. The SMILES string of the molecule is COc1cc2c(cc1NC(=O)CN1CCN(C(=O)CC3CCCCO3)CC1)OCO2. The summed E-state index contributed by atoms with van der Waals surface area (Å²) >= 11 is 0. The average Bonchev–Trinajstić information content (AvgIpc) is 3.21. The first-order chi connectivity index (χ1) is 14.6. The molecule has 2 amide bonds. The number of hydrogen-bond donors (Lipinski definition) is 1. The van der Waals surface area contributed by atoms with Gasteiger partial charge < -0.3 is 29.2 Å². The van der Waals surface area contributed by atoms with Crippen LogP contribution in [0.3, 0.4) is 0 Å². The molecule has 9 heteroatoms. The molecule has 1 atom stereocenters. The third-order valence-electron chi connectivity index (χ3n) is 5.74. The zero-order chi connectivity index (χ0) is 20.9. The molecule has 1 N–H and O–H groups in total. The van der Waals surface area contributed by atoms with E-state index in [0.29, 0.717) is 55.5 Å². The van der Waals surface area contributed by atoms with Gasteiger partial charge in [-0.15, -0.1) is 0 Å². The van der Waals surface area contributed by atoms with Crippen molar-refractivity contribution in [2.45, 2.75) is 31.8 Å². The van der Waals surface area contributed by atoms with Crippen LogP contribution < -0.4 is 19.5 Å². The number of anilines is 1. The Kier molecular flexibility index (Phi) is 6.59. The predicted molar refractivity (Wildman–Crippen MR) is 109 cm³/mol. The van der Waals surface area contributed by atoms with Crippen LogP contribution in [0.2, 0.25) is 0 Å². The highest BCUT2D eigenvalue weighted by Gasteiger charge is 2.26. The van der Waals surface area contributed by atoms with Crippen molar-refractivity contribution in [1.29, 1.82) is 0 Å². The molecule has 0 saturated carbocycles. The highest BCUT2D eigenvalue weighted by atomic mass is 16.7. The van der Waals surface area contributed by atoms with Crippen LogP contribution in [0.4, 0.5) is 5.69 Å². The number of hydrogen-bond acceptors (Lipinski definition) is 7. The Morgan fingerprint density at radius 2 is 1.90 bits per heavy atom. The maximum atomic E-state index is 12.5. The predicted octanol–water partition coefficient (Wildman–Crippen LogP) is 1.47. The fourth-order valence-electron chi connectivity index (χ4n) is 4.03. The molecule has 2 saturated heterocycles. The monoisotopic (exact) mass is 419 g/mol. The van der Waals surface area contributed by atoms with E-state index in [-0.39, 0.29) is 31.3 Å². The second-order valence-electron chi connectivity index (χ2n) is 7.80. The lowest BCUT2D eigenvalue weighted by atomic mass is 10.1. The molecule has 0 bridgehead atoms. The van der Waals surface area contributed by atoms with Gasteiger partial charge in [0.25, 0.3) is 0 Å². The van der Waals surface area contributed by atoms with E-state index in [4.69, 9.17) is 18.9 Å². The zero-order valence-corrected chi connectivity index (χ0v) is 17.4. The van der Waals surface area contributed by atoms with Crippen molar-refractivity contribution in [3.8, 4) is 17.2 Å². The summed E-state index contributed by atoms with van der Waals surface area (Å²) in [5.41, 5.74) is 0.549. The van der Waals surface area contributed by atoms with E-state index in [1.54, 1.807) is 19.2 Å². The Morgan fingerprint density at radius 3 is 2.60 bits per heavy atom. The molecule has 3 heterocycles. The first-order valence-electron chi connectivity index (χ1n) is 10.5. The third-order valence-corrected chi connectivity index (χ3v) is 5.74. The molecular weight excluding hydrogens is 390 g/mol. The summed E-state index contributed by atoms with van der Waals surface area (Å²) in [5, 5.41) is 2.89. The molecule has 9 nitrogen and oxygen atoms in total. The smallest absolute Gasteiger partial charge is 0.238 e. The van der Waals surface area contributed by atoms with Gasteiger partial charge in [0, 0.05) is 44.9 Å². The van der Waals surface area contributed by atoms with Gasteiger partial charge >= 0.3 is 0 Å². The lowest BCUT2D eigenvalue weighted by Gasteiger charge is -2.35. The second-order valence-corrected chi connectivity index (χ2v) is 7.80. The largest absolute Gasteiger partial charge is 0.494 e. The van der Waals surface area contributed by atoms with E-state index < -0.39 is 0 Å². The highest BCUT2D eigenvalue weighted by Crippen LogP contribution is 2.40. The van der Waals surface area contributed by atoms with Crippen LogP contribution in [-0.4, -0.2) is 81.0 Å². The summed E-state index contributed by atoms with van der Waals surface area (Å²) in [6.45, 7) is 3.77. The summed E-state index contributed by atoms with van der Waals surface area (Å²) in [7, 11) is 1.54. The van der Waals surface area contributed by atoms with E-state index in [9.17, 15) is 9.59 Å². The van der Waals surface area contributed by atoms with Crippen molar-refractivity contribution in [2.24, 2.45) is 0 Å². The maximum absolute atomic E-state index is 12.5. The number of amides is 2. The molecule has 30 heavy (non-hydrogen) atoms. The summed E-state index contributed by atoms with van der Waals surface area (Å²) < 4.78 is 21.7. The van der Waals surface area contributed by atoms with Crippen LogP contribution >= 0.6 is 0 Å². The van der Waals surface area contributed by atoms with Gasteiger partial charge in [-0.25, -0.2) is 0 Å².